The fourth-order valence-corrected chi connectivity index (χ4v) is 2.40. The molecule has 0 spiro atoms. The summed E-state index contributed by atoms with van der Waals surface area (Å²) in [5.41, 5.74) is 2.77. The van der Waals surface area contributed by atoms with Crippen LogP contribution in [0.15, 0.2) is 24.3 Å². The molecule has 1 aliphatic rings. The van der Waals surface area contributed by atoms with Crippen molar-refractivity contribution in [2.75, 3.05) is 27.4 Å². The van der Waals surface area contributed by atoms with Crippen LogP contribution < -0.4 is 5.32 Å². The third-order valence-electron chi connectivity index (χ3n) is 3.37. The van der Waals surface area contributed by atoms with Crippen molar-refractivity contribution in [1.29, 1.82) is 0 Å². The Bertz CT molecular complexity index is 354. The van der Waals surface area contributed by atoms with E-state index in [0.717, 1.165) is 26.1 Å². The first-order valence-electron chi connectivity index (χ1n) is 6.20. The number of hydrogen-bond donors (Lipinski definition) is 1. The monoisotopic (exact) mass is 235 g/mol. The van der Waals surface area contributed by atoms with Crippen molar-refractivity contribution in [3.05, 3.63) is 35.4 Å². The number of rotatable bonds is 5. The van der Waals surface area contributed by atoms with Crippen LogP contribution in [0.5, 0.6) is 0 Å². The molecule has 94 valence electrons. The fraction of sp³-hybridized carbons (Fsp3) is 0.571. The van der Waals surface area contributed by atoms with Crippen molar-refractivity contribution in [1.82, 2.24) is 5.32 Å². The zero-order valence-corrected chi connectivity index (χ0v) is 10.6. The van der Waals surface area contributed by atoms with Crippen LogP contribution in [0.2, 0.25) is 0 Å². The summed E-state index contributed by atoms with van der Waals surface area (Å²) in [5, 5.41) is 3.28. The Morgan fingerprint density at radius 2 is 2.29 bits per heavy atom. The number of likely N-dealkylation sites (N-methyl/N-ethyl adjacent to an activating group) is 1. The maximum atomic E-state index is 5.89. The summed E-state index contributed by atoms with van der Waals surface area (Å²) in [6, 6.07) is 8.92. The Morgan fingerprint density at radius 1 is 1.47 bits per heavy atom. The van der Waals surface area contributed by atoms with Crippen molar-refractivity contribution in [2.45, 2.75) is 25.0 Å². The summed E-state index contributed by atoms with van der Waals surface area (Å²) in [6.45, 7) is 1.55. The summed E-state index contributed by atoms with van der Waals surface area (Å²) in [7, 11) is 3.71. The molecule has 1 aliphatic heterocycles. The smallest absolute Gasteiger partial charge is 0.0843 e. The van der Waals surface area contributed by atoms with Gasteiger partial charge in [0, 0.05) is 13.2 Å². The minimum Gasteiger partial charge on any atom is -0.383 e. The molecule has 2 rings (SSSR count). The Hall–Kier alpha value is -0.900. The van der Waals surface area contributed by atoms with Gasteiger partial charge in [-0.15, -0.1) is 0 Å². The number of fused-ring (bicyclic) bond motifs is 1. The number of nitrogens with one attached hydrogen (secondary N) is 1. The van der Waals surface area contributed by atoms with Gasteiger partial charge in [0.05, 0.1) is 19.3 Å². The van der Waals surface area contributed by atoms with E-state index in [-0.39, 0.29) is 6.10 Å². The lowest BCUT2D eigenvalue weighted by atomic mass is 9.94. The zero-order chi connectivity index (χ0) is 12.1. The summed E-state index contributed by atoms with van der Waals surface area (Å²) in [5.74, 6) is 0. The van der Waals surface area contributed by atoms with Gasteiger partial charge >= 0.3 is 0 Å². The van der Waals surface area contributed by atoms with E-state index >= 15 is 0 Å². The molecule has 17 heavy (non-hydrogen) atoms. The average Bonchev–Trinajstić information content (AvgIpc) is 2.38. The van der Waals surface area contributed by atoms with Gasteiger partial charge in [-0.2, -0.15) is 0 Å². The second-order valence-corrected chi connectivity index (χ2v) is 4.48. The number of benzene rings is 1. The van der Waals surface area contributed by atoms with Gasteiger partial charge in [-0.1, -0.05) is 24.3 Å². The molecule has 0 aromatic heterocycles. The van der Waals surface area contributed by atoms with E-state index in [1.165, 1.54) is 11.1 Å². The first-order valence-corrected chi connectivity index (χ1v) is 6.20. The molecule has 0 saturated carbocycles. The molecule has 1 N–H and O–H groups in total. The normalized spacial score (nSPS) is 20.9. The summed E-state index contributed by atoms with van der Waals surface area (Å²) < 4.78 is 11.1. The molecule has 0 aliphatic carbocycles. The highest BCUT2D eigenvalue weighted by atomic mass is 16.5. The largest absolute Gasteiger partial charge is 0.383 e. The van der Waals surface area contributed by atoms with E-state index in [1.54, 1.807) is 7.11 Å². The molecule has 2 atom stereocenters. The standard InChI is InChI=1S/C14H21NO2/c1-15-12(10-16-2)9-14-13-6-4-3-5-11(13)7-8-17-14/h3-6,12,14-15H,7-10H2,1-2H3. The van der Waals surface area contributed by atoms with Crippen LogP contribution in [0, 0.1) is 0 Å². The maximum absolute atomic E-state index is 5.89. The first-order chi connectivity index (χ1) is 8.35. The van der Waals surface area contributed by atoms with Gasteiger partial charge in [-0.3, -0.25) is 0 Å². The highest BCUT2D eigenvalue weighted by Crippen LogP contribution is 2.30. The lowest BCUT2D eigenvalue weighted by Crippen LogP contribution is -2.33. The third kappa shape index (κ3) is 3.06. The molecule has 1 aromatic carbocycles. The van der Waals surface area contributed by atoms with Crippen molar-refractivity contribution < 1.29 is 9.47 Å². The number of ether oxygens (including phenoxy) is 2. The fourth-order valence-electron chi connectivity index (χ4n) is 2.40. The van der Waals surface area contributed by atoms with E-state index in [1.807, 2.05) is 7.05 Å². The summed E-state index contributed by atoms with van der Waals surface area (Å²) >= 11 is 0. The van der Waals surface area contributed by atoms with Crippen molar-refractivity contribution in [3.63, 3.8) is 0 Å². The van der Waals surface area contributed by atoms with E-state index < -0.39 is 0 Å². The molecule has 1 aromatic rings. The average molecular weight is 235 g/mol. The van der Waals surface area contributed by atoms with Gasteiger partial charge < -0.3 is 14.8 Å². The molecule has 0 amide bonds. The maximum Gasteiger partial charge on any atom is 0.0843 e. The minimum absolute atomic E-state index is 0.201. The summed E-state index contributed by atoms with van der Waals surface area (Å²) in [6.07, 6.45) is 2.19. The molecule has 3 nitrogen and oxygen atoms in total. The minimum atomic E-state index is 0.201. The van der Waals surface area contributed by atoms with E-state index in [0.29, 0.717) is 6.04 Å². The molecule has 0 bridgehead atoms. The van der Waals surface area contributed by atoms with Gasteiger partial charge in [0.2, 0.25) is 0 Å². The molecular formula is C14H21NO2. The molecule has 0 fully saturated rings. The Kier molecular flexibility index (Phi) is 4.54. The number of methoxy groups -OCH3 is 1. The highest BCUT2D eigenvalue weighted by molar-refractivity contribution is 5.31. The number of hydrogen-bond acceptors (Lipinski definition) is 3. The quantitative estimate of drug-likeness (QED) is 0.846. The van der Waals surface area contributed by atoms with Crippen LogP contribution >= 0.6 is 0 Å². The topological polar surface area (TPSA) is 30.5 Å². The Labute approximate surface area is 103 Å². The lowest BCUT2D eigenvalue weighted by molar-refractivity contribution is 0.0222. The molecule has 0 saturated heterocycles. The van der Waals surface area contributed by atoms with Gasteiger partial charge in [-0.05, 0) is 31.0 Å². The van der Waals surface area contributed by atoms with Crippen LogP contribution in [-0.2, 0) is 15.9 Å². The predicted molar refractivity (Wildman–Crippen MR) is 68.2 cm³/mol. The third-order valence-corrected chi connectivity index (χ3v) is 3.37. The van der Waals surface area contributed by atoms with Crippen LogP contribution in [-0.4, -0.2) is 33.4 Å². The predicted octanol–water partition coefficient (Wildman–Crippen LogP) is 1.92. The van der Waals surface area contributed by atoms with Crippen LogP contribution in [0.1, 0.15) is 23.7 Å². The van der Waals surface area contributed by atoms with E-state index in [2.05, 4.69) is 29.6 Å². The second-order valence-electron chi connectivity index (χ2n) is 4.48. The first kappa shape index (κ1) is 12.6. The van der Waals surface area contributed by atoms with Crippen LogP contribution in [0.25, 0.3) is 0 Å². The van der Waals surface area contributed by atoms with Gasteiger partial charge in [0.25, 0.3) is 0 Å². The van der Waals surface area contributed by atoms with Gasteiger partial charge in [0.1, 0.15) is 0 Å². The van der Waals surface area contributed by atoms with Crippen LogP contribution in [0.4, 0.5) is 0 Å². The molecule has 0 radical (unpaired) electrons. The molecular weight excluding hydrogens is 214 g/mol. The Morgan fingerprint density at radius 3 is 3.06 bits per heavy atom. The lowest BCUT2D eigenvalue weighted by Gasteiger charge is -2.29. The Balaban J connectivity index is 2.07. The SMILES string of the molecule is CNC(COC)CC1OCCc2ccccc21. The van der Waals surface area contributed by atoms with Crippen molar-refractivity contribution in [2.24, 2.45) is 0 Å². The second kappa shape index (κ2) is 6.15. The molecule has 2 unspecified atom stereocenters. The van der Waals surface area contributed by atoms with Gasteiger partial charge in [0.15, 0.2) is 0 Å². The van der Waals surface area contributed by atoms with E-state index in [4.69, 9.17) is 9.47 Å². The summed E-state index contributed by atoms with van der Waals surface area (Å²) in [4.78, 5) is 0. The van der Waals surface area contributed by atoms with E-state index in [9.17, 15) is 0 Å². The molecule has 1 heterocycles. The molecule has 3 heteroatoms. The zero-order valence-electron chi connectivity index (χ0n) is 10.6. The van der Waals surface area contributed by atoms with Crippen LogP contribution in [0.3, 0.4) is 0 Å². The highest BCUT2D eigenvalue weighted by Gasteiger charge is 2.23. The van der Waals surface area contributed by atoms with Crippen molar-refractivity contribution in [3.8, 4) is 0 Å². The van der Waals surface area contributed by atoms with Crippen molar-refractivity contribution >= 4 is 0 Å². The van der Waals surface area contributed by atoms with Gasteiger partial charge in [-0.25, -0.2) is 0 Å².